The number of rotatable bonds is 4. The van der Waals surface area contributed by atoms with Gasteiger partial charge in [0.25, 0.3) is 0 Å². The van der Waals surface area contributed by atoms with Crippen molar-refractivity contribution in [1.29, 1.82) is 0 Å². The molecule has 0 saturated heterocycles. The van der Waals surface area contributed by atoms with Gasteiger partial charge in [-0.2, -0.15) is 0 Å². The van der Waals surface area contributed by atoms with Crippen molar-refractivity contribution in [2.45, 2.75) is 65.1 Å². The van der Waals surface area contributed by atoms with E-state index in [2.05, 4.69) is 6.92 Å². The van der Waals surface area contributed by atoms with Crippen LogP contribution in [0.4, 0.5) is 0 Å². The Kier molecular flexibility index (Phi) is 4.60. The van der Waals surface area contributed by atoms with E-state index in [4.69, 9.17) is 4.74 Å². The lowest BCUT2D eigenvalue weighted by atomic mass is 9.75. The predicted molar refractivity (Wildman–Crippen MR) is 62.8 cm³/mol. The lowest BCUT2D eigenvalue weighted by molar-refractivity contribution is -0.124. The van der Waals surface area contributed by atoms with Gasteiger partial charge < -0.3 is 9.84 Å². The van der Waals surface area contributed by atoms with Crippen molar-refractivity contribution < 1.29 is 9.84 Å². The van der Waals surface area contributed by atoms with Crippen molar-refractivity contribution in [3.05, 3.63) is 0 Å². The van der Waals surface area contributed by atoms with Gasteiger partial charge in [-0.1, -0.05) is 19.8 Å². The third-order valence-electron chi connectivity index (χ3n) is 3.65. The molecule has 15 heavy (non-hydrogen) atoms. The molecule has 0 aromatic heterocycles. The van der Waals surface area contributed by atoms with Crippen LogP contribution in [0.25, 0.3) is 0 Å². The highest BCUT2D eigenvalue weighted by molar-refractivity contribution is 4.87. The zero-order valence-electron chi connectivity index (χ0n) is 10.6. The lowest BCUT2D eigenvalue weighted by Crippen LogP contribution is -2.45. The smallest absolute Gasteiger partial charge is 0.0886 e. The minimum atomic E-state index is -0.392. The fourth-order valence-corrected chi connectivity index (χ4v) is 2.79. The fraction of sp³-hybridized carbons (Fsp3) is 1.00. The predicted octanol–water partition coefficient (Wildman–Crippen LogP) is 2.99. The molecule has 90 valence electrons. The lowest BCUT2D eigenvalue weighted by Gasteiger charge is -2.38. The summed E-state index contributed by atoms with van der Waals surface area (Å²) in [4.78, 5) is 0. The van der Waals surface area contributed by atoms with Crippen molar-refractivity contribution in [1.82, 2.24) is 0 Å². The first kappa shape index (κ1) is 13.0. The maximum atomic E-state index is 10.3. The van der Waals surface area contributed by atoms with E-state index in [1.165, 1.54) is 12.8 Å². The molecule has 0 amide bonds. The molecule has 0 aromatic carbocycles. The van der Waals surface area contributed by atoms with Crippen LogP contribution < -0.4 is 0 Å². The van der Waals surface area contributed by atoms with E-state index in [9.17, 15) is 5.11 Å². The van der Waals surface area contributed by atoms with Crippen LogP contribution in [0.2, 0.25) is 0 Å². The third-order valence-corrected chi connectivity index (χ3v) is 3.65. The van der Waals surface area contributed by atoms with Crippen LogP contribution in [0.5, 0.6) is 0 Å². The minimum Gasteiger partial charge on any atom is -0.390 e. The summed E-state index contributed by atoms with van der Waals surface area (Å²) >= 11 is 0. The maximum Gasteiger partial charge on any atom is 0.0886 e. The van der Waals surface area contributed by atoms with E-state index in [0.29, 0.717) is 12.5 Å². The standard InChI is InChI=1S/C13H26O2/c1-5-15-13(3,4)12(14)11-8-6-7-10(2)9-11/h10-12,14H,5-9H2,1-4H3. The minimum absolute atomic E-state index is 0.319. The van der Waals surface area contributed by atoms with Crippen molar-refractivity contribution in [2.24, 2.45) is 11.8 Å². The van der Waals surface area contributed by atoms with Gasteiger partial charge in [0.2, 0.25) is 0 Å². The monoisotopic (exact) mass is 214 g/mol. The number of hydrogen-bond donors (Lipinski definition) is 1. The van der Waals surface area contributed by atoms with E-state index in [1.807, 2.05) is 20.8 Å². The molecule has 0 radical (unpaired) electrons. The van der Waals surface area contributed by atoms with Gasteiger partial charge in [0.1, 0.15) is 0 Å². The van der Waals surface area contributed by atoms with E-state index in [-0.39, 0.29) is 6.10 Å². The second-order valence-electron chi connectivity index (χ2n) is 5.51. The number of hydrogen-bond acceptors (Lipinski definition) is 2. The van der Waals surface area contributed by atoms with Crippen molar-refractivity contribution in [2.75, 3.05) is 6.61 Å². The van der Waals surface area contributed by atoms with Gasteiger partial charge in [0, 0.05) is 6.61 Å². The third kappa shape index (κ3) is 3.46. The Morgan fingerprint density at radius 2 is 2.07 bits per heavy atom. The van der Waals surface area contributed by atoms with Crippen LogP contribution in [0, 0.1) is 11.8 Å². The van der Waals surface area contributed by atoms with Gasteiger partial charge in [-0.25, -0.2) is 0 Å². The molecule has 1 aliphatic rings. The average molecular weight is 214 g/mol. The first-order chi connectivity index (χ1) is 6.97. The van der Waals surface area contributed by atoms with Gasteiger partial charge in [-0.05, 0) is 45.4 Å². The molecule has 0 heterocycles. The molecule has 2 heteroatoms. The molecule has 0 bridgehead atoms. The van der Waals surface area contributed by atoms with Crippen molar-refractivity contribution >= 4 is 0 Å². The molecule has 1 saturated carbocycles. The van der Waals surface area contributed by atoms with Crippen LogP contribution in [-0.4, -0.2) is 23.4 Å². The van der Waals surface area contributed by atoms with Gasteiger partial charge in [0.05, 0.1) is 11.7 Å². The first-order valence-electron chi connectivity index (χ1n) is 6.29. The topological polar surface area (TPSA) is 29.5 Å². The summed E-state index contributed by atoms with van der Waals surface area (Å²) in [6.07, 6.45) is 4.56. The molecular weight excluding hydrogens is 188 g/mol. The zero-order valence-corrected chi connectivity index (χ0v) is 10.6. The van der Waals surface area contributed by atoms with Gasteiger partial charge >= 0.3 is 0 Å². The van der Waals surface area contributed by atoms with Crippen molar-refractivity contribution in [3.8, 4) is 0 Å². The SMILES string of the molecule is CCOC(C)(C)C(O)C1CCCC(C)C1. The van der Waals surface area contributed by atoms with E-state index < -0.39 is 5.60 Å². The van der Waals surface area contributed by atoms with Gasteiger partial charge in [-0.3, -0.25) is 0 Å². The Morgan fingerprint density at radius 1 is 1.40 bits per heavy atom. The average Bonchev–Trinajstić information content (AvgIpc) is 2.16. The second-order valence-corrected chi connectivity index (χ2v) is 5.51. The summed E-state index contributed by atoms with van der Waals surface area (Å²) in [5, 5.41) is 10.3. The summed E-state index contributed by atoms with van der Waals surface area (Å²) in [6, 6.07) is 0. The highest BCUT2D eigenvalue weighted by Crippen LogP contribution is 2.35. The molecule has 0 aliphatic heterocycles. The van der Waals surface area contributed by atoms with Crippen LogP contribution in [0.15, 0.2) is 0 Å². The molecule has 1 fully saturated rings. The molecule has 0 spiro atoms. The van der Waals surface area contributed by atoms with E-state index in [0.717, 1.165) is 18.8 Å². The van der Waals surface area contributed by atoms with Crippen LogP contribution in [-0.2, 0) is 4.74 Å². The van der Waals surface area contributed by atoms with Crippen LogP contribution >= 0.6 is 0 Å². The van der Waals surface area contributed by atoms with Crippen LogP contribution in [0.3, 0.4) is 0 Å². The fourth-order valence-electron chi connectivity index (χ4n) is 2.79. The summed E-state index contributed by atoms with van der Waals surface area (Å²) in [7, 11) is 0. The normalized spacial score (nSPS) is 30.2. The van der Waals surface area contributed by atoms with Gasteiger partial charge in [-0.15, -0.1) is 0 Å². The molecule has 3 atom stereocenters. The Labute approximate surface area is 94.0 Å². The van der Waals surface area contributed by atoms with E-state index in [1.54, 1.807) is 0 Å². The number of aliphatic hydroxyl groups is 1. The highest BCUT2D eigenvalue weighted by atomic mass is 16.5. The largest absolute Gasteiger partial charge is 0.390 e. The Bertz CT molecular complexity index is 189. The maximum absolute atomic E-state index is 10.3. The number of ether oxygens (including phenoxy) is 1. The zero-order chi connectivity index (χ0) is 11.5. The summed E-state index contributed by atoms with van der Waals surface area (Å²) in [5.74, 6) is 1.19. The Morgan fingerprint density at radius 3 is 2.60 bits per heavy atom. The Hall–Kier alpha value is -0.0800. The quantitative estimate of drug-likeness (QED) is 0.779. The molecule has 0 aromatic rings. The molecule has 1 aliphatic carbocycles. The van der Waals surface area contributed by atoms with E-state index >= 15 is 0 Å². The summed E-state index contributed by atoms with van der Waals surface area (Å²) < 4.78 is 5.63. The molecule has 2 nitrogen and oxygen atoms in total. The first-order valence-corrected chi connectivity index (χ1v) is 6.29. The molecular formula is C13H26O2. The Balaban J connectivity index is 2.54. The van der Waals surface area contributed by atoms with Crippen LogP contribution in [0.1, 0.15) is 53.4 Å². The summed E-state index contributed by atoms with van der Waals surface area (Å²) in [6.45, 7) is 8.94. The second kappa shape index (κ2) is 5.31. The van der Waals surface area contributed by atoms with Gasteiger partial charge in [0.15, 0.2) is 0 Å². The molecule has 3 unspecified atom stereocenters. The number of aliphatic hydroxyl groups excluding tert-OH is 1. The molecule has 1 N–H and O–H groups in total. The highest BCUT2D eigenvalue weighted by Gasteiger charge is 2.36. The van der Waals surface area contributed by atoms with Crippen molar-refractivity contribution in [3.63, 3.8) is 0 Å². The molecule has 1 rings (SSSR count). The summed E-state index contributed by atoms with van der Waals surface area (Å²) in [5.41, 5.74) is -0.392.